The van der Waals surface area contributed by atoms with Gasteiger partial charge in [0.2, 0.25) is 0 Å². The maximum absolute atomic E-state index is 6.20. The van der Waals surface area contributed by atoms with E-state index < -0.39 is 0 Å². The predicted molar refractivity (Wildman–Crippen MR) is 276 cm³/mol. The second-order valence-electron chi connectivity index (χ2n) is 16.7. The fourth-order valence-corrected chi connectivity index (χ4v) is 9.45. The minimum absolute atomic E-state index is 0.590. The van der Waals surface area contributed by atoms with Gasteiger partial charge in [-0.1, -0.05) is 212 Å². The topological polar surface area (TPSA) is 51.8 Å². The summed E-state index contributed by atoms with van der Waals surface area (Å²) in [5.41, 5.74) is 18.0. The van der Waals surface area contributed by atoms with Crippen molar-refractivity contribution >= 4 is 21.9 Å². The van der Waals surface area contributed by atoms with E-state index in [1.807, 2.05) is 60.7 Å². The van der Waals surface area contributed by atoms with Gasteiger partial charge >= 0.3 is 0 Å². The Morgan fingerprint density at radius 1 is 0.224 bits per heavy atom. The summed E-state index contributed by atoms with van der Waals surface area (Å²) in [6.07, 6.45) is 0. The molecule has 2 heterocycles. The highest BCUT2D eigenvalue weighted by Gasteiger charge is 2.24. The van der Waals surface area contributed by atoms with Gasteiger partial charge in [0, 0.05) is 27.5 Å². The number of furan rings is 1. The quantitative estimate of drug-likeness (QED) is 0.145. The van der Waals surface area contributed by atoms with Gasteiger partial charge in [-0.3, -0.25) is 0 Å². The molecule has 67 heavy (non-hydrogen) atoms. The molecule has 0 aliphatic carbocycles. The summed E-state index contributed by atoms with van der Waals surface area (Å²) >= 11 is 0. The van der Waals surface area contributed by atoms with Crippen LogP contribution in [0.25, 0.3) is 123 Å². The van der Waals surface area contributed by atoms with E-state index in [1.165, 1.54) is 22.3 Å². The van der Waals surface area contributed by atoms with E-state index in [2.05, 4.69) is 188 Å². The Balaban J connectivity index is 1.08. The molecule has 4 heteroatoms. The summed E-state index contributed by atoms with van der Waals surface area (Å²) in [6, 6.07) is 87.5. The van der Waals surface area contributed by atoms with Crippen LogP contribution in [-0.4, -0.2) is 15.0 Å². The van der Waals surface area contributed by atoms with E-state index in [1.54, 1.807) is 0 Å². The first-order valence-corrected chi connectivity index (χ1v) is 22.6. The Hall–Kier alpha value is -8.99. The van der Waals surface area contributed by atoms with Crippen LogP contribution in [0.2, 0.25) is 0 Å². The minimum Gasteiger partial charge on any atom is -0.456 e. The molecule has 4 nitrogen and oxygen atoms in total. The monoisotopic (exact) mass is 855 g/mol. The molecule has 0 amide bonds. The highest BCUT2D eigenvalue weighted by atomic mass is 16.3. The molecule has 0 radical (unpaired) electrons. The van der Waals surface area contributed by atoms with Crippen molar-refractivity contribution in [1.82, 2.24) is 15.0 Å². The summed E-state index contributed by atoms with van der Waals surface area (Å²) in [4.78, 5) is 15.6. The lowest BCUT2D eigenvalue weighted by Gasteiger charge is -2.24. The lowest BCUT2D eigenvalue weighted by molar-refractivity contribution is 0.669. The van der Waals surface area contributed by atoms with Gasteiger partial charge in [-0.05, 0) is 103 Å². The molecular formula is C63H41N3O. The van der Waals surface area contributed by atoms with Gasteiger partial charge in [0.15, 0.2) is 17.5 Å². The van der Waals surface area contributed by atoms with E-state index >= 15 is 0 Å². The van der Waals surface area contributed by atoms with E-state index in [0.29, 0.717) is 17.5 Å². The lowest BCUT2D eigenvalue weighted by atomic mass is 9.78. The van der Waals surface area contributed by atoms with Crippen molar-refractivity contribution in [2.45, 2.75) is 0 Å². The molecule has 12 rings (SSSR count). The van der Waals surface area contributed by atoms with Crippen LogP contribution in [0.3, 0.4) is 0 Å². The third kappa shape index (κ3) is 7.47. The molecule has 0 saturated heterocycles. The fourth-order valence-electron chi connectivity index (χ4n) is 9.45. The molecule has 0 saturated carbocycles. The fraction of sp³-hybridized carbons (Fsp3) is 0. The smallest absolute Gasteiger partial charge is 0.164 e. The Morgan fingerprint density at radius 3 is 1.28 bits per heavy atom. The molecule has 0 atom stereocenters. The Morgan fingerprint density at radius 2 is 0.657 bits per heavy atom. The summed E-state index contributed by atoms with van der Waals surface area (Å²) in [7, 11) is 0. The number of para-hydroxylation sites is 1. The second kappa shape index (κ2) is 17.2. The Labute approximate surface area is 389 Å². The molecule has 2 aromatic heterocycles. The zero-order valence-electron chi connectivity index (χ0n) is 36.4. The molecule has 0 fully saturated rings. The summed E-state index contributed by atoms with van der Waals surface area (Å²) in [5, 5.41) is 2.07. The highest BCUT2D eigenvalue weighted by Crippen LogP contribution is 2.50. The molecule has 314 valence electrons. The molecular weight excluding hydrogens is 815 g/mol. The summed E-state index contributed by atoms with van der Waals surface area (Å²) in [6.45, 7) is 0. The third-order valence-electron chi connectivity index (χ3n) is 12.6. The van der Waals surface area contributed by atoms with Crippen molar-refractivity contribution in [3.8, 4) is 101 Å². The van der Waals surface area contributed by atoms with Crippen LogP contribution >= 0.6 is 0 Å². The van der Waals surface area contributed by atoms with Gasteiger partial charge in [-0.25, -0.2) is 15.0 Å². The van der Waals surface area contributed by atoms with E-state index in [4.69, 9.17) is 19.4 Å². The van der Waals surface area contributed by atoms with Crippen molar-refractivity contribution in [3.63, 3.8) is 0 Å². The first-order valence-electron chi connectivity index (χ1n) is 22.6. The zero-order chi connectivity index (χ0) is 44.5. The van der Waals surface area contributed by atoms with Gasteiger partial charge in [-0.2, -0.15) is 0 Å². The van der Waals surface area contributed by atoms with Crippen molar-refractivity contribution in [3.05, 3.63) is 249 Å². The van der Waals surface area contributed by atoms with Gasteiger partial charge in [-0.15, -0.1) is 0 Å². The largest absolute Gasteiger partial charge is 0.456 e. The first kappa shape index (κ1) is 39.6. The van der Waals surface area contributed by atoms with Crippen LogP contribution in [0.1, 0.15) is 0 Å². The van der Waals surface area contributed by atoms with Crippen LogP contribution in [-0.2, 0) is 0 Å². The van der Waals surface area contributed by atoms with Crippen molar-refractivity contribution in [2.75, 3.05) is 0 Å². The molecule has 0 spiro atoms. The molecule has 0 bridgehead atoms. The third-order valence-corrected chi connectivity index (χ3v) is 12.6. The number of aromatic nitrogens is 3. The molecule has 0 N–H and O–H groups in total. The second-order valence-corrected chi connectivity index (χ2v) is 16.7. The number of nitrogens with zero attached hydrogens (tertiary/aromatic N) is 3. The van der Waals surface area contributed by atoms with Crippen molar-refractivity contribution < 1.29 is 4.42 Å². The van der Waals surface area contributed by atoms with Gasteiger partial charge in [0.25, 0.3) is 0 Å². The molecule has 0 aliphatic rings. The lowest BCUT2D eigenvalue weighted by Crippen LogP contribution is -2.01. The molecule has 10 aromatic carbocycles. The Bertz CT molecular complexity index is 3720. The standard InChI is InChI=1S/C63H41N3O/c1-6-21-42(22-7-1)53-41-54(59(44-25-10-3-11-26-44)60(45-27-12-4-13-28-45)58(53)43-23-8-2-9-24-43)48-32-20-31-47(39-48)50-33-16-17-35-52(50)63-65-61(46-29-14-5-15-30-46)64-62(66-63)49-37-38-57-55(40-49)51-34-18-19-36-56(51)67-57/h1-41H. The van der Waals surface area contributed by atoms with Crippen molar-refractivity contribution in [1.29, 1.82) is 0 Å². The van der Waals surface area contributed by atoms with Crippen LogP contribution in [0, 0.1) is 0 Å². The average Bonchev–Trinajstić information content (AvgIpc) is 3.79. The van der Waals surface area contributed by atoms with E-state index in [9.17, 15) is 0 Å². The van der Waals surface area contributed by atoms with Crippen LogP contribution in [0.5, 0.6) is 0 Å². The predicted octanol–water partition coefficient (Wildman–Crippen LogP) is 16.8. The average molecular weight is 856 g/mol. The number of hydrogen-bond acceptors (Lipinski definition) is 4. The number of rotatable bonds is 9. The van der Waals surface area contributed by atoms with Gasteiger partial charge in [0.1, 0.15) is 11.2 Å². The molecule has 0 aliphatic heterocycles. The SMILES string of the molecule is c1ccc(-c2nc(-c3ccc4oc5ccccc5c4c3)nc(-c3ccccc3-c3cccc(-c4cc(-c5ccccc5)c(-c5ccccc5)c(-c5ccccc5)c4-c4ccccc4)c3)n2)cc1. The first-order chi connectivity index (χ1) is 33.2. The van der Waals surface area contributed by atoms with Crippen LogP contribution < -0.4 is 0 Å². The summed E-state index contributed by atoms with van der Waals surface area (Å²) < 4.78 is 6.20. The maximum atomic E-state index is 6.20. The number of benzene rings is 10. The molecule has 0 unspecified atom stereocenters. The summed E-state index contributed by atoms with van der Waals surface area (Å²) in [5.74, 6) is 1.79. The highest BCUT2D eigenvalue weighted by molar-refractivity contribution is 6.08. The minimum atomic E-state index is 0.590. The van der Waals surface area contributed by atoms with E-state index in [-0.39, 0.29) is 0 Å². The van der Waals surface area contributed by atoms with Crippen LogP contribution in [0.15, 0.2) is 253 Å². The maximum Gasteiger partial charge on any atom is 0.164 e. The zero-order valence-corrected chi connectivity index (χ0v) is 36.4. The van der Waals surface area contributed by atoms with E-state index in [0.717, 1.165) is 83.1 Å². The Kier molecular flexibility index (Phi) is 10.2. The van der Waals surface area contributed by atoms with Gasteiger partial charge < -0.3 is 4.42 Å². The number of hydrogen-bond donors (Lipinski definition) is 0. The molecule has 12 aromatic rings. The van der Waals surface area contributed by atoms with Crippen LogP contribution in [0.4, 0.5) is 0 Å². The van der Waals surface area contributed by atoms with Crippen molar-refractivity contribution in [2.24, 2.45) is 0 Å². The normalized spacial score (nSPS) is 11.3. The van der Waals surface area contributed by atoms with Gasteiger partial charge in [0.05, 0.1) is 0 Å². The number of fused-ring (bicyclic) bond motifs is 3.